The average Bonchev–Trinajstić information content (AvgIpc) is 3.13. The first kappa shape index (κ1) is 24.8. The van der Waals surface area contributed by atoms with Crippen LogP contribution in [0.1, 0.15) is 22.7 Å². The van der Waals surface area contributed by atoms with Crippen LogP contribution in [0.5, 0.6) is 5.75 Å². The summed E-state index contributed by atoms with van der Waals surface area (Å²) in [5.41, 5.74) is 0.116. The van der Waals surface area contributed by atoms with Crippen LogP contribution in [0.15, 0.2) is 78.4 Å². The molecule has 9 heteroatoms. The Hall–Kier alpha value is -4.27. The molecule has 1 amide bonds. The molecule has 1 atom stereocenters. The number of benzene rings is 3. The van der Waals surface area contributed by atoms with Gasteiger partial charge in [-0.2, -0.15) is 13.2 Å². The van der Waals surface area contributed by atoms with Crippen LogP contribution >= 0.6 is 0 Å². The monoisotopic (exact) mass is 496 g/mol. The molecule has 3 aromatic rings. The third-order valence-electron chi connectivity index (χ3n) is 5.98. The first-order valence-electron chi connectivity index (χ1n) is 10.9. The van der Waals surface area contributed by atoms with E-state index in [2.05, 4.69) is 0 Å². The quantitative estimate of drug-likeness (QED) is 0.291. The standard InChI is InChI=1S/C27H23F3N2O4/c1-31(2)18-13-11-16(12-14-18)23-22(24(33)20-9-4-5-10-21(20)36-3)25(34)26(35)32(23)19-8-6-7-17(15-19)27(28,29)30/h4-15,23,33H,1-3H3/b24-22+. The highest BCUT2D eigenvalue weighted by molar-refractivity contribution is 6.51. The molecule has 36 heavy (non-hydrogen) atoms. The summed E-state index contributed by atoms with van der Waals surface area (Å²) < 4.78 is 45.6. The molecule has 1 fully saturated rings. The number of ether oxygens (including phenoxy) is 1. The lowest BCUT2D eigenvalue weighted by Gasteiger charge is -2.26. The maximum Gasteiger partial charge on any atom is 0.416 e. The molecule has 1 heterocycles. The molecule has 0 saturated carbocycles. The molecule has 0 spiro atoms. The highest BCUT2D eigenvalue weighted by Gasteiger charge is 2.47. The summed E-state index contributed by atoms with van der Waals surface area (Å²) in [6.07, 6.45) is -4.65. The largest absolute Gasteiger partial charge is 0.507 e. The van der Waals surface area contributed by atoms with E-state index in [1.807, 2.05) is 19.0 Å². The second-order valence-electron chi connectivity index (χ2n) is 8.40. The van der Waals surface area contributed by atoms with Gasteiger partial charge in [-0.15, -0.1) is 0 Å². The first-order valence-corrected chi connectivity index (χ1v) is 10.9. The topological polar surface area (TPSA) is 70.1 Å². The van der Waals surface area contributed by atoms with Crippen LogP contribution in [0, 0.1) is 0 Å². The van der Waals surface area contributed by atoms with Gasteiger partial charge in [0.05, 0.1) is 29.9 Å². The van der Waals surface area contributed by atoms with Gasteiger partial charge in [0.1, 0.15) is 11.5 Å². The van der Waals surface area contributed by atoms with E-state index >= 15 is 0 Å². The number of hydrogen-bond donors (Lipinski definition) is 1. The summed E-state index contributed by atoms with van der Waals surface area (Å²) in [7, 11) is 5.07. The molecule has 1 saturated heterocycles. The molecule has 0 radical (unpaired) electrons. The van der Waals surface area contributed by atoms with Gasteiger partial charge in [0.25, 0.3) is 11.7 Å². The van der Waals surface area contributed by atoms with Gasteiger partial charge in [0, 0.05) is 25.5 Å². The van der Waals surface area contributed by atoms with Crippen molar-refractivity contribution in [3.05, 3.63) is 95.1 Å². The van der Waals surface area contributed by atoms with Crippen LogP contribution in [-0.4, -0.2) is 38.0 Å². The third-order valence-corrected chi connectivity index (χ3v) is 5.98. The second kappa shape index (κ2) is 9.41. The number of methoxy groups -OCH3 is 1. The summed E-state index contributed by atoms with van der Waals surface area (Å²) in [6.45, 7) is 0. The Balaban J connectivity index is 1.96. The minimum absolute atomic E-state index is 0.118. The van der Waals surface area contributed by atoms with Crippen molar-refractivity contribution < 1.29 is 32.6 Å². The van der Waals surface area contributed by atoms with Crippen LogP contribution in [0.4, 0.5) is 24.5 Å². The average molecular weight is 496 g/mol. The number of ketones is 1. The van der Waals surface area contributed by atoms with Crippen molar-refractivity contribution in [2.45, 2.75) is 12.2 Å². The Bertz CT molecular complexity index is 1350. The van der Waals surface area contributed by atoms with Gasteiger partial charge in [-0.05, 0) is 48.0 Å². The van der Waals surface area contributed by atoms with Gasteiger partial charge >= 0.3 is 6.18 Å². The van der Waals surface area contributed by atoms with Crippen molar-refractivity contribution in [2.24, 2.45) is 0 Å². The van der Waals surface area contributed by atoms with E-state index in [1.165, 1.54) is 25.3 Å². The van der Waals surface area contributed by atoms with Crippen molar-refractivity contribution in [2.75, 3.05) is 31.0 Å². The molecule has 6 nitrogen and oxygen atoms in total. The van der Waals surface area contributed by atoms with Gasteiger partial charge < -0.3 is 14.7 Å². The summed E-state index contributed by atoms with van der Waals surface area (Å²) >= 11 is 0. The van der Waals surface area contributed by atoms with Crippen LogP contribution in [0.3, 0.4) is 0 Å². The van der Waals surface area contributed by atoms with Crippen molar-refractivity contribution in [3.63, 3.8) is 0 Å². The number of hydrogen-bond acceptors (Lipinski definition) is 5. The fourth-order valence-corrected chi connectivity index (χ4v) is 4.19. The number of para-hydroxylation sites is 1. The number of halogens is 3. The van der Waals surface area contributed by atoms with Crippen LogP contribution in [0.2, 0.25) is 0 Å². The maximum atomic E-state index is 13.4. The number of amides is 1. The summed E-state index contributed by atoms with van der Waals surface area (Å²) in [5.74, 6) is -2.28. The normalized spacial score (nSPS) is 17.4. The van der Waals surface area contributed by atoms with Crippen molar-refractivity contribution in [1.82, 2.24) is 0 Å². The van der Waals surface area contributed by atoms with Gasteiger partial charge in [-0.1, -0.05) is 30.3 Å². The fraction of sp³-hybridized carbons (Fsp3) is 0.185. The zero-order chi connectivity index (χ0) is 26.2. The number of nitrogens with zero attached hydrogens (tertiary/aromatic N) is 2. The number of alkyl halides is 3. The zero-order valence-electron chi connectivity index (χ0n) is 19.7. The van der Waals surface area contributed by atoms with E-state index in [4.69, 9.17) is 4.74 Å². The first-order chi connectivity index (χ1) is 17.0. The summed E-state index contributed by atoms with van der Waals surface area (Å²) in [5, 5.41) is 11.3. The van der Waals surface area contributed by atoms with Crippen molar-refractivity contribution in [3.8, 4) is 5.75 Å². The van der Waals surface area contributed by atoms with Gasteiger partial charge in [-0.25, -0.2) is 0 Å². The van der Waals surface area contributed by atoms with E-state index in [0.717, 1.165) is 22.7 Å². The number of carbonyl (C=O) groups is 2. The number of rotatable bonds is 5. The minimum atomic E-state index is -4.65. The lowest BCUT2D eigenvalue weighted by atomic mass is 9.94. The van der Waals surface area contributed by atoms with Crippen LogP contribution in [-0.2, 0) is 15.8 Å². The fourth-order valence-electron chi connectivity index (χ4n) is 4.19. The minimum Gasteiger partial charge on any atom is -0.507 e. The lowest BCUT2D eigenvalue weighted by Crippen LogP contribution is -2.29. The van der Waals surface area contributed by atoms with Crippen LogP contribution < -0.4 is 14.5 Å². The highest BCUT2D eigenvalue weighted by Crippen LogP contribution is 2.44. The smallest absolute Gasteiger partial charge is 0.416 e. The Kier molecular flexibility index (Phi) is 6.49. The molecular formula is C27H23F3N2O4. The molecule has 3 aromatic carbocycles. The predicted octanol–water partition coefficient (Wildman–Crippen LogP) is 5.41. The highest BCUT2D eigenvalue weighted by atomic mass is 19.4. The van der Waals surface area contributed by atoms with Crippen LogP contribution in [0.25, 0.3) is 5.76 Å². The molecule has 0 aliphatic carbocycles. The van der Waals surface area contributed by atoms with Crippen molar-refractivity contribution in [1.29, 1.82) is 0 Å². The van der Waals surface area contributed by atoms with E-state index in [1.54, 1.807) is 42.5 Å². The Morgan fingerprint density at radius 1 is 0.972 bits per heavy atom. The predicted molar refractivity (Wildman–Crippen MR) is 130 cm³/mol. The Morgan fingerprint density at radius 3 is 2.25 bits per heavy atom. The summed E-state index contributed by atoms with van der Waals surface area (Å²) in [6, 6.07) is 16.3. The number of aliphatic hydroxyl groups excluding tert-OH is 1. The zero-order valence-corrected chi connectivity index (χ0v) is 19.7. The maximum absolute atomic E-state index is 13.4. The molecule has 1 unspecified atom stereocenters. The van der Waals surface area contributed by atoms with Gasteiger partial charge in [0.15, 0.2) is 0 Å². The third kappa shape index (κ3) is 4.39. The lowest BCUT2D eigenvalue weighted by molar-refractivity contribution is -0.137. The Labute approximate surface area is 205 Å². The molecule has 1 N–H and O–H groups in total. The molecule has 4 rings (SSSR count). The number of aliphatic hydroxyl groups is 1. The number of carbonyl (C=O) groups excluding carboxylic acids is 2. The van der Waals surface area contributed by atoms with E-state index in [9.17, 15) is 27.9 Å². The summed E-state index contributed by atoms with van der Waals surface area (Å²) in [4.78, 5) is 29.3. The molecular weight excluding hydrogens is 473 g/mol. The van der Waals surface area contributed by atoms with E-state index < -0.39 is 35.2 Å². The molecule has 1 aliphatic heterocycles. The van der Waals surface area contributed by atoms with E-state index in [-0.39, 0.29) is 22.6 Å². The molecule has 0 bridgehead atoms. The molecule has 0 aromatic heterocycles. The van der Waals surface area contributed by atoms with Crippen molar-refractivity contribution >= 4 is 28.8 Å². The molecule has 1 aliphatic rings. The van der Waals surface area contributed by atoms with Gasteiger partial charge in [-0.3, -0.25) is 14.5 Å². The molecule has 186 valence electrons. The van der Waals surface area contributed by atoms with E-state index in [0.29, 0.717) is 5.56 Å². The SMILES string of the molecule is COc1ccccc1/C(O)=C1\C(=O)C(=O)N(c2cccc(C(F)(F)F)c2)C1c1ccc(N(C)C)cc1. The number of Topliss-reactive ketones (excluding diaryl/α,β-unsaturated/α-hetero) is 1. The number of anilines is 2. The second-order valence-corrected chi connectivity index (χ2v) is 8.40. The van der Waals surface area contributed by atoms with Gasteiger partial charge in [0.2, 0.25) is 0 Å². The Morgan fingerprint density at radius 2 is 1.64 bits per heavy atom.